The molecule has 21 heavy (non-hydrogen) atoms. The number of methoxy groups -OCH3 is 1. The van der Waals surface area contributed by atoms with Crippen LogP contribution in [0.5, 0.6) is 0 Å². The Bertz CT molecular complexity index is 400. The Kier molecular flexibility index (Phi) is 7.03. The van der Waals surface area contributed by atoms with Crippen LogP contribution in [0.4, 0.5) is 5.95 Å². The van der Waals surface area contributed by atoms with Crippen molar-refractivity contribution >= 4 is 5.95 Å². The molecule has 0 saturated heterocycles. The fourth-order valence-electron chi connectivity index (χ4n) is 2.82. The van der Waals surface area contributed by atoms with Crippen LogP contribution in [0.25, 0.3) is 0 Å². The van der Waals surface area contributed by atoms with Gasteiger partial charge in [-0.15, -0.1) is 0 Å². The third kappa shape index (κ3) is 5.67. The molecule has 1 aromatic heterocycles. The predicted octanol–water partition coefficient (Wildman–Crippen LogP) is 2.99. The second-order valence-electron chi connectivity index (χ2n) is 5.84. The number of imidazole rings is 1. The van der Waals surface area contributed by atoms with Crippen LogP contribution in [0.15, 0.2) is 6.20 Å². The van der Waals surface area contributed by atoms with Gasteiger partial charge in [-0.2, -0.15) is 0 Å². The molecule has 0 aliphatic heterocycles. The van der Waals surface area contributed by atoms with Crippen LogP contribution >= 0.6 is 0 Å². The van der Waals surface area contributed by atoms with E-state index in [9.17, 15) is 0 Å². The maximum Gasteiger partial charge on any atom is 0.203 e. The monoisotopic (exact) mass is 295 g/mol. The van der Waals surface area contributed by atoms with E-state index in [1.165, 1.54) is 25.7 Å². The van der Waals surface area contributed by atoms with Gasteiger partial charge in [-0.1, -0.05) is 12.8 Å². The summed E-state index contributed by atoms with van der Waals surface area (Å²) in [7, 11) is 1.70. The summed E-state index contributed by atoms with van der Waals surface area (Å²) in [5, 5.41) is 3.60. The van der Waals surface area contributed by atoms with Crippen LogP contribution in [0.3, 0.4) is 0 Å². The van der Waals surface area contributed by atoms with Gasteiger partial charge in [0.25, 0.3) is 0 Å². The van der Waals surface area contributed by atoms with E-state index in [0.717, 1.165) is 37.6 Å². The first-order chi connectivity index (χ1) is 10.3. The van der Waals surface area contributed by atoms with Gasteiger partial charge < -0.3 is 19.4 Å². The molecular weight excluding hydrogens is 266 g/mol. The summed E-state index contributed by atoms with van der Waals surface area (Å²) in [5.74, 6) is 1.04. The van der Waals surface area contributed by atoms with Crippen molar-refractivity contribution in [2.75, 3.05) is 32.2 Å². The number of unbranched alkanes of at least 4 members (excludes halogenated alkanes) is 1. The van der Waals surface area contributed by atoms with E-state index < -0.39 is 0 Å². The lowest BCUT2D eigenvalue weighted by Gasteiger charge is -2.14. The molecule has 1 heterocycles. The fraction of sp³-hybridized carbons (Fsp3) is 0.812. The summed E-state index contributed by atoms with van der Waals surface area (Å²) >= 11 is 0. The first kappa shape index (κ1) is 16.3. The van der Waals surface area contributed by atoms with Crippen LogP contribution in [0, 0.1) is 6.92 Å². The van der Waals surface area contributed by atoms with Gasteiger partial charge in [0, 0.05) is 32.5 Å². The Morgan fingerprint density at radius 2 is 2.05 bits per heavy atom. The number of nitrogens with zero attached hydrogens (tertiary/aromatic N) is 2. The third-order valence-corrected chi connectivity index (χ3v) is 3.95. The Morgan fingerprint density at radius 1 is 1.24 bits per heavy atom. The molecule has 0 atom stereocenters. The molecule has 0 aromatic carbocycles. The van der Waals surface area contributed by atoms with E-state index in [2.05, 4.69) is 28.0 Å². The van der Waals surface area contributed by atoms with Gasteiger partial charge in [-0.3, -0.25) is 0 Å². The number of hydrogen-bond acceptors (Lipinski definition) is 4. The van der Waals surface area contributed by atoms with Crippen molar-refractivity contribution in [2.24, 2.45) is 0 Å². The molecule has 1 fully saturated rings. The van der Waals surface area contributed by atoms with Gasteiger partial charge in [0.05, 0.1) is 18.9 Å². The van der Waals surface area contributed by atoms with Crippen LogP contribution in [0.2, 0.25) is 0 Å². The molecule has 120 valence electrons. The lowest BCUT2D eigenvalue weighted by Crippen LogP contribution is -2.18. The Labute approximate surface area is 128 Å². The van der Waals surface area contributed by atoms with E-state index in [1.807, 2.05) is 0 Å². The van der Waals surface area contributed by atoms with E-state index >= 15 is 0 Å². The number of nitrogens with one attached hydrogen (secondary N) is 1. The van der Waals surface area contributed by atoms with Gasteiger partial charge in [0.2, 0.25) is 5.95 Å². The summed E-state index contributed by atoms with van der Waals surface area (Å²) in [4.78, 5) is 4.62. The topological polar surface area (TPSA) is 48.3 Å². The second-order valence-corrected chi connectivity index (χ2v) is 5.84. The van der Waals surface area contributed by atoms with Gasteiger partial charge in [-0.25, -0.2) is 4.98 Å². The molecule has 2 rings (SSSR count). The van der Waals surface area contributed by atoms with Gasteiger partial charge in [0.1, 0.15) is 0 Å². The highest BCUT2D eigenvalue weighted by atomic mass is 16.5. The highest BCUT2D eigenvalue weighted by Gasteiger charge is 2.17. The molecule has 1 saturated carbocycles. The average Bonchev–Trinajstić information content (AvgIpc) is 3.08. The van der Waals surface area contributed by atoms with Crippen molar-refractivity contribution in [3.8, 4) is 0 Å². The van der Waals surface area contributed by atoms with Gasteiger partial charge in [0.15, 0.2) is 0 Å². The number of rotatable bonds is 10. The molecule has 0 unspecified atom stereocenters. The Hall–Kier alpha value is -1.07. The normalized spacial score (nSPS) is 15.7. The SMILES string of the molecule is COCCOCCCCn1cc(C)nc1NC1CCCC1. The maximum absolute atomic E-state index is 5.49. The smallest absolute Gasteiger partial charge is 0.203 e. The third-order valence-electron chi connectivity index (χ3n) is 3.95. The molecule has 1 aliphatic rings. The number of ether oxygens (including phenoxy) is 2. The molecule has 5 nitrogen and oxygen atoms in total. The number of anilines is 1. The van der Waals surface area contributed by atoms with Crippen molar-refractivity contribution < 1.29 is 9.47 Å². The summed E-state index contributed by atoms with van der Waals surface area (Å²) in [6, 6.07) is 0.614. The number of aromatic nitrogens is 2. The molecule has 5 heteroatoms. The average molecular weight is 295 g/mol. The van der Waals surface area contributed by atoms with E-state index in [0.29, 0.717) is 19.3 Å². The first-order valence-corrected chi connectivity index (χ1v) is 8.16. The fourth-order valence-corrected chi connectivity index (χ4v) is 2.82. The van der Waals surface area contributed by atoms with Crippen LogP contribution in [-0.2, 0) is 16.0 Å². The van der Waals surface area contributed by atoms with Crippen LogP contribution < -0.4 is 5.32 Å². The van der Waals surface area contributed by atoms with Gasteiger partial charge >= 0.3 is 0 Å². The van der Waals surface area contributed by atoms with Crippen molar-refractivity contribution in [3.05, 3.63) is 11.9 Å². The van der Waals surface area contributed by atoms with E-state index in [1.54, 1.807) is 7.11 Å². The predicted molar refractivity (Wildman–Crippen MR) is 84.8 cm³/mol. The zero-order chi connectivity index (χ0) is 14.9. The minimum Gasteiger partial charge on any atom is -0.382 e. The van der Waals surface area contributed by atoms with E-state index in [-0.39, 0.29) is 0 Å². The second kappa shape index (κ2) is 9.05. The highest BCUT2D eigenvalue weighted by molar-refractivity contribution is 5.30. The molecular formula is C16H29N3O2. The van der Waals surface area contributed by atoms with Crippen molar-refractivity contribution in [2.45, 2.75) is 58.0 Å². The molecule has 0 amide bonds. The summed E-state index contributed by atoms with van der Waals surface area (Å²) in [6.07, 6.45) is 9.57. The summed E-state index contributed by atoms with van der Waals surface area (Å²) in [5.41, 5.74) is 1.09. The lowest BCUT2D eigenvalue weighted by molar-refractivity contribution is 0.0684. The molecule has 0 radical (unpaired) electrons. The van der Waals surface area contributed by atoms with Crippen molar-refractivity contribution in [1.82, 2.24) is 9.55 Å². The molecule has 0 spiro atoms. The maximum atomic E-state index is 5.49. The minimum absolute atomic E-state index is 0.614. The Morgan fingerprint density at radius 3 is 2.81 bits per heavy atom. The zero-order valence-corrected chi connectivity index (χ0v) is 13.4. The first-order valence-electron chi connectivity index (χ1n) is 8.16. The lowest BCUT2D eigenvalue weighted by atomic mass is 10.2. The summed E-state index contributed by atoms with van der Waals surface area (Å²) in [6.45, 7) is 5.24. The van der Waals surface area contributed by atoms with E-state index in [4.69, 9.17) is 9.47 Å². The van der Waals surface area contributed by atoms with Crippen LogP contribution in [0.1, 0.15) is 44.2 Å². The highest BCUT2D eigenvalue weighted by Crippen LogP contribution is 2.22. The van der Waals surface area contributed by atoms with Crippen LogP contribution in [-0.4, -0.2) is 42.5 Å². The largest absolute Gasteiger partial charge is 0.382 e. The molecule has 0 bridgehead atoms. The van der Waals surface area contributed by atoms with Gasteiger partial charge in [-0.05, 0) is 32.6 Å². The van der Waals surface area contributed by atoms with Crippen molar-refractivity contribution in [1.29, 1.82) is 0 Å². The zero-order valence-electron chi connectivity index (χ0n) is 13.4. The molecule has 1 N–H and O–H groups in total. The number of hydrogen-bond donors (Lipinski definition) is 1. The standard InChI is InChI=1S/C16H29N3O2/c1-14-13-19(9-5-6-10-21-12-11-20-2)16(17-14)18-15-7-3-4-8-15/h13,15H,3-12H2,1-2H3,(H,17,18). The minimum atomic E-state index is 0.614. The quantitative estimate of drug-likeness (QED) is 0.674. The van der Waals surface area contributed by atoms with Crippen molar-refractivity contribution in [3.63, 3.8) is 0 Å². The summed E-state index contributed by atoms with van der Waals surface area (Å²) < 4.78 is 12.7. The number of aryl methyl sites for hydroxylation is 2. The Balaban J connectivity index is 1.69. The molecule has 1 aromatic rings. The molecule has 1 aliphatic carbocycles.